The van der Waals surface area contributed by atoms with E-state index in [1.54, 1.807) is 0 Å². The molecule has 0 saturated carbocycles. The van der Waals surface area contributed by atoms with Crippen LogP contribution in [-0.2, 0) is 14.6 Å². The first-order chi connectivity index (χ1) is 9.45. The minimum Gasteiger partial charge on any atom is -0.378 e. The summed E-state index contributed by atoms with van der Waals surface area (Å²) in [6, 6.07) is 4.08. The van der Waals surface area contributed by atoms with Crippen molar-refractivity contribution in [2.45, 2.75) is 11.8 Å². The Morgan fingerprint density at radius 2 is 2.00 bits per heavy atom. The van der Waals surface area contributed by atoms with Crippen LogP contribution in [0.5, 0.6) is 0 Å². The third kappa shape index (κ3) is 2.91. The Morgan fingerprint density at radius 1 is 1.35 bits per heavy atom. The van der Waals surface area contributed by atoms with Gasteiger partial charge in [0.1, 0.15) is 5.69 Å². The second-order valence-electron chi connectivity index (χ2n) is 4.41. The number of ether oxygens (including phenoxy) is 1. The van der Waals surface area contributed by atoms with E-state index in [2.05, 4.69) is 0 Å². The van der Waals surface area contributed by atoms with Crippen LogP contribution in [0, 0.1) is 10.1 Å². The second kappa shape index (κ2) is 5.76. The Balaban J connectivity index is 2.46. The highest BCUT2D eigenvalue weighted by Gasteiger charge is 2.24. The molecule has 110 valence electrons. The summed E-state index contributed by atoms with van der Waals surface area (Å²) in [5.41, 5.74) is 0.259. The zero-order valence-corrected chi connectivity index (χ0v) is 11.9. The molecule has 20 heavy (non-hydrogen) atoms. The van der Waals surface area contributed by atoms with Gasteiger partial charge in [0.05, 0.1) is 28.8 Å². The zero-order valence-electron chi connectivity index (χ0n) is 11.1. The monoisotopic (exact) mass is 300 g/mol. The molecule has 0 atom stereocenters. The first-order valence-corrected chi connectivity index (χ1v) is 7.95. The van der Waals surface area contributed by atoms with Crippen LogP contribution in [0.2, 0.25) is 0 Å². The minimum atomic E-state index is -3.45. The average molecular weight is 300 g/mol. The number of anilines is 1. The molecule has 1 heterocycles. The maximum atomic E-state index is 11.8. The Bertz CT molecular complexity index is 608. The van der Waals surface area contributed by atoms with Crippen molar-refractivity contribution in [3.05, 3.63) is 28.3 Å². The third-order valence-electron chi connectivity index (χ3n) is 3.23. The highest BCUT2D eigenvalue weighted by Crippen LogP contribution is 2.31. The van der Waals surface area contributed by atoms with Crippen LogP contribution in [-0.4, -0.2) is 45.4 Å². The van der Waals surface area contributed by atoms with E-state index in [1.807, 2.05) is 4.90 Å². The normalized spacial score (nSPS) is 16.1. The first kappa shape index (κ1) is 14.7. The van der Waals surface area contributed by atoms with E-state index in [1.165, 1.54) is 19.1 Å². The summed E-state index contributed by atoms with van der Waals surface area (Å²) >= 11 is 0. The lowest BCUT2D eigenvalue weighted by molar-refractivity contribution is -0.384. The largest absolute Gasteiger partial charge is 0.378 e. The van der Waals surface area contributed by atoms with Gasteiger partial charge in [-0.15, -0.1) is 0 Å². The maximum absolute atomic E-state index is 11.8. The first-order valence-electron chi connectivity index (χ1n) is 6.29. The average Bonchev–Trinajstić information content (AvgIpc) is 2.47. The van der Waals surface area contributed by atoms with Gasteiger partial charge < -0.3 is 9.64 Å². The van der Waals surface area contributed by atoms with Gasteiger partial charge in [-0.3, -0.25) is 10.1 Å². The molecular formula is C12H16N2O5S. The molecule has 0 aromatic heterocycles. The summed E-state index contributed by atoms with van der Waals surface area (Å²) in [5.74, 6) is -0.0823. The number of hydrogen-bond donors (Lipinski definition) is 0. The predicted octanol–water partition coefficient (Wildman–Crippen LogP) is 1.23. The summed E-state index contributed by atoms with van der Waals surface area (Å²) in [4.78, 5) is 12.5. The van der Waals surface area contributed by atoms with Gasteiger partial charge in [0.25, 0.3) is 5.69 Å². The maximum Gasteiger partial charge on any atom is 0.293 e. The molecule has 1 fully saturated rings. The molecule has 7 nitrogen and oxygen atoms in total. The van der Waals surface area contributed by atoms with Gasteiger partial charge in [0.2, 0.25) is 0 Å². The smallest absolute Gasteiger partial charge is 0.293 e. The van der Waals surface area contributed by atoms with Crippen molar-refractivity contribution in [2.75, 3.05) is 37.0 Å². The zero-order chi connectivity index (χ0) is 14.8. The fourth-order valence-electron chi connectivity index (χ4n) is 2.08. The number of sulfone groups is 1. The van der Waals surface area contributed by atoms with Crippen LogP contribution in [0.15, 0.2) is 23.1 Å². The van der Waals surface area contributed by atoms with E-state index >= 15 is 0 Å². The second-order valence-corrected chi connectivity index (χ2v) is 6.69. The highest BCUT2D eigenvalue weighted by atomic mass is 32.2. The minimum absolute atomic E-state index is 0.0105. The Kier molecular flexibility index (Phi) is 4.24. The number of rotatable bonds is 4. The van der Waals surface area contributed by atoms with Crippen molar-refractivity contribution in [1.29, 1.82) is 0 Å². The molecule has 1 saturated heterocycles. The molecule has 1 aromatic carbocycles. The van der Waals surface area contributed by atoms with Gasteiger partial charge >= 0.3 is 0 Å². The lowest BCUT2D eigenvalue weighted by atomic mass is 10.2. The fraction of sp³-hybridized carbons (Fsp3) is 0.500. The van der Waals surface area contributed by atoms with E-state index < -0.39 is 14.8 Å². The van der Waals surface area contributed by atoms with Gasteiger partial charge in [-0.1, -0.05) is 6.92 Å². The van der Waals surface area contributed by atoms with Crippen molar-refractivity contribution in [1.82, 2.24) is 0 Å². The van der Waals surface area contributed by atoms with Crippen LogP contribution in [0.3, 0.4) is 0 Å². The van der Waals surface area contributed by atoms with E-state index in [4.69, 9.17) is 4.74 Å². The molecule has 1 aromatic rings. The van der Waals surface area contributed by atoms with Crippen LogP contribution in [0.25, 0.3) is 0 Å². The lowest BCUT2D eigenvalue weighted by Gasteiger charge is -2.28. The number of nitrogens with zero attached hydrogens (tertiary/aromatic N) is 2. The van der Waals surface area contributed by atoms with E-state index in [0.29, 0.717) is 32.0 Å². The summed E-state index contributed by atoms with van der Waals surface area (Å²) in [6.45, 7) is 3.64. The topological polar surface area (TPSA) is 89.8 Å². The fourth-order valence-corrected chi connectivity index (χ4v) is 2.98. The molecule has 1 aliphatic rings. The summed E-state index contributed by atoms with van der Waals surface area (Å²) in [6.07, 6.45) is 0. The van der Waals surface area contributed by atoms with Crippen molar-refractivity contribution < 1.29 is 18.1 Å². The molecule has 8 heteroatoms. The van der Waals surface area contributed by atoms with Gasteiger partial charge in [0, 0.05) is 19.2 Å². The van der Waals surface area contributed by atoms with Crippen LogP contribution in [0.1, 0.15) is 6.92 Å². The Labute approximate surface area is 117 Å². The molecule has 0 unspecified atom stereocenters. The number of nitro benzene ring substituents is 1. The third-order valence-corrected chi connectivity index (χ3v) is 4.97. The van der Waals surface area contributed by atoms with Gasteiger partial charge in [0.15, 0.2) is 9.84 Å². The molecule has 2 rings (SSSR count). The summed E-state index contributed by atoms with van der Waals surface area (Å²) in [7, 11) is -3.45. The van der Waals surface area contributed by atoms with Crippen LogP contribution < -0.4 is 4.90 Å². The summed E-state index contributed by atoms with van der Waals surface area (Å²) in [5, 5.41) is 11.2. The van der Waals surface area contributed by atoms with E-state index in [0.717, 1.165) is 6.07 Å². The molecule has 0 N–H and O–H groups in total. The summed E-state index contributed by atoms with van der Waals surface area (Å²) < 4.78 is 28.8. The number of nitro groups is 1. The molecular weight excluding hydrogens is 284 g/mol. The Hall–Kier alpha value is -1.67. The van der Waals surface area contributed by atoms with Crippen LogP contribution in [0.4, 0.5) is 11.4 Å². The van der Waals surface area contributed by atoms with Crippen LogP contribution >= 0.6 is 0 Å². The van der Waals surface area contributed by atoms with E-state index in [-0.39, 0.29) is 16.3 Å². The van der Waals surface area contributed by atoms with Gasteiger partial charge in [-0.2, -0.15) is 0 Å². The predicted molar refractivity (Wildman–Crippen MR) is 73.9 cm³/mol. The van der Waals surface area contributed by atoms with Gasteiger partial charge in [-0.25, -0.2) is 8.42 Å². The standard InChI is InChI=1S/C12H16N2O5S/c1-2-20(17,18)10-3-4-11(12(9-10)14(15)16)13-5-7-19-8-6-13/h3-4,9H,2,5-8H2,1H3. The lowest BCUT2D eigenvalue weighted by Crippen LogP contribution is -2.36. The number of morpholine rings is 1. The quantitative estimate of drug-likeness (QED) is 0.613. The van der Waals surface area contributed by atoms with E-state index in [9.17, 15) is 18.5 Å². The molecule has 0 aliphatic carbocycles. The Morgan fingerprint density at radius 3 is 2.55 bits per heavy atom. The van der Waals surface area contributed by atoms with Crippen molar-refractivity contribution in [2.24, 2.45) is 0 Å². The molecule has 0 radical (unpaired) electrons. The van der Waals surface area contributed by atoms with Crippen molar-refractivity contribution in [3.8, 4) is 0 Å². The molecule has 0 bridgehead atoms. The molecule has 1 aliphatic heterocycles. The number of benzene rings is 1. The van der Waals surface area contributed by atoms with Crippen molar-refractivity contribution >= 4 is 21.2 Å². The number of hydrogen-bond acceptors (Lipinski definition) is 6. The molecule has 0 amide bonds. The highest BCUT2D eigenvalue weighted by molar-refractivity contribution is 7.91. The van der Waals surface area contributed by atoms with Crippen molar-refractivity contribution in [3.63, 3.8) is 0 Å². The SMILES string of the molecule is CCS(=O)(=O)c1ccc(N2CCOCC2)c([N+](=O)[O-])c1. The molecule has 0 spiro atoms. The van der Waals surface area contributed by atoms with Gasteiger partial charge in [-0.05, 0) is 12.1 Å².